The first-order valence-electron chi connectivity index (χ1n) is 7.94. The van der Waals surface area contributed by atoms with E-state index < -0.39 is 0 Å². The molecule has 118 valence electrons. The number of nitrogens with zero attached hydrogens (tertiary/aromatic N) is 2. The van der Waals surface area contributed by atoms with Gasteiger partial charge in [0.25, 0.3) is 5.91 Å². The zero-order valence-electron chi connectivity index (χ0n) is 14.2. The second-order valence-corrected chi connectivity index (χ2v) is 6.70. The molecule has 4 heteroatoms. The summed E-state index contributed by atoms with van der Waals surface area (Å²) in [6, 6.07) is 4.55. The van der Waals surface area contributed by atoms with Gasteiger partial charge in [0.1, 0.15) is 5.69 Å². The van der Waals surface area contributed by atoms with Crippen molar-refractivity contribution in [3.63, 3.8) is 0 Å². The number of benzene rings is 1. The normalized spacial score (nSPS) is 19.0. The SMILES string of the molecule is Cc1ccc(C)c2c(C)c(C(=O)N(C)C3CCN(C)C3)[nH]c12. The van der Waals surface area contributed by atoms with Crippen LogP contribution >= 0.6 is 0 Å². The standard InChI is InChI=1S/C18H25N3O/c1-11-6-7-12(2)16-15(11)13(3)17(19-16)18(22)21(5)14-8-9-20(4)10-14/h6-7,14,19H,8-10H2,1-5H3. The zero-order chi connectivity index (χ0) is 16.0. The third-order valence-corrected chi connectivity index (χ3v) is 5.07. The first-order chi connectivity index (χ1) is 10.4. The van der Waals surface area contributed by atoms with Crippen molar-refractivity contribution in [3.05, 3.63) is 34.5 Å². The molecule has 1 fully saturated rings. The molecule has 3 rings (SSSR count). The first-order valence-corrected chi connectivity index (χ1v) is 7.94. The Morgan fingerprint density at radius 1 is 1.27 bits per heavy atom. The van der Waals surface area contributed by atoms with Crippen molar-refractivity contribution in [1.29, 1.82) is 0 Å². The van der Waals surface area contributed by atoms with E-state index >= 15 is 0 Å². The van der Waals surface area contributed by atoms with Crippen LogP contribution in [-0.4, -0.2) is 53.9 Å². The van der Waals surface area contributed by atoms with Crippen LogP contribution in [0.4, 0.5) is 0 Å². The summed E-state index contributed by atoms with van der Waals surface area (Å²) in [7, 11) is 4.04. The van der Waals surface area contributed by atoms with Crippen LogP contribution in [0.25, 0.3) is 10.9 Å². The highest BCUT2D eigenvalue weighted by molar-refractivity contribution is 6.02. The summed E-state index contributed by atoms with van der Waals surface area (Å²) in [5.41, 5.74) is 5.31. The van der Waals surface area contributed by atoms with E-state index in [-0.39, 0.29) is 5.91 Å². The highest BCUT2D eigenvalue weighted by Crippen LogP contribution is 2.28. The van der Waals surface area contributed by atoms with E-state index in [4.69, 9.17) is 0 Å². The van der Waals surface area contributed by atoms with Crippen molar-refractivity contribution in [2.75, 3.05) is 27.2 Å². The zero-order valence-corrected chi connectivity index (χ0v) is 14.2. The number of carbonyl (C=O) groups is 1. The lowest BCUT2D eigenvalue weighted by Gasteiger charge is -2.24. The molecule has 22 heavy (non-hydrogen) atoms. The lowest BCUT2D eigenvalue weighted by molar-refractivity contribution is 0.0732. The van der Waals surface area contributed by atoms with Gasteiger partial charge in [-0.2, -0.15) is 0 Å². The van der Waals surface area contributed by atoms with Crippen molar-refractivity contribution in [2.45, 2.75) is 33.2 Å². The molecule has 4 nitrogen and oxygen atoms in total. The molecule has 1 atom stereocenters. The van der Waals surface area contributed by atoms with Crippen LogP contribution in [0.15, 0.2) is 12.1 Å². The highest BCUT2D eigenvalue weighted by Gasteiger charge is 2.29. The summed E-state index contributed by atoms with van der Waals surface area (Å²) in [4.78, 5) is 20.5. The number of likely N-dealkylation sites (tertiary alicyclic amines) is 1. The van der Waals surface area contributed by atoms with E-state index in [1.54, 1.807) is 0 Å². The summed E-state index contributed by atoms with van der Waals surface area (Å²) in [5.74, 6) is 0.104. The number of fused-ring (bicyclic) bond motifs is 1. The van der Waals surface area contributed by atoms with Gasteiger partial charge in [-0.25, -0.2) is 0 Å². The summed E-state index contributed by atoms with van der Waals surface area (Å²) in [6.07, 6.45) is 1.05. The molecule has 2 heterocycles. The summed E-state index contributed by atoms with van der Waals surface area (Å²) in [6.45, 7) is 8.26. The van der Waals surface area contributed by atoms with Gasteiger partial charge >= 0.3 is 0 Å². The monoisotopic (exact) mass is 299 g/mol. The molecule has 1 aliphatic heterocycles. The minimum atomic E-state index is 0.104. The Morgan fingerprint density at radius 2 is 1.95 bits per heavy atom. The number of aryl methyl sites for hydroxylation is 3. The third kappa shape index (κ3) is 2.31. The Kier molecular flexibility index (Phi) is 3.73. The summed E-state index contributed by atoms with van der Waals surface area (Å²) in [5, 5.41) is 1.19. The van der Waals surface area contributed by atoms with E-state index in [0.717, 1.165) is 36.3 Å². The van der Waals surface area contributed by atoms with Gasteiger partial charge < -0.3 is 14.8 Å². The maximum absolute atomic E-state index is 12.9. The summed E-state index contributed by atoms with van der Waals surface area (Å²) >= 11 is 0. The van der Waals surface area contributed by atoms with Crippen molar-refractivity contribution in [3.8, 4) is 0 Å². The maximum Gasteiger partial charge on any atom is 0.270 e. The van der Waals surface area contributed by atoms with Crippen molar-refractivity contribution >= 4 is 16.8 Å². The maximum atomic E-state index is 12.9. The number of rotatable bonds is 2. The smallest absolute Gasteiger partial charge is 0.270 e. The molecule has 1 aliphatic rings. The molecule has 1 saturated heterocycles. The average molecular weight is 299 g/mol. The molecule has 0 saturated carbocycles. The van der Waals surface area contributed by atoms with Crippen molar-refractivity contribution in [2.24, 2.45) is 0 Å². The fourth-order valence-electron chi connectivity index (χ4n) is 3.58. The largest absolute Gasteiger partial charge is 0.350 e. The number of hydrogen-bond acceptors (Lipinski definition) is 2. The Bertz CT molecular complexity index is 731. The minimum Gasteiger partial charge on any atom is -0.350 e. The topological polar surface area (TPSA) is 39.3 Å². The second kappa shape index (κ2) is 5.43. The molecule has 1 aromatic carbocycles. The van der Waals surface area contributed by atoms with Crippen LogP contribution in [0.3, 0.4) is 0 Å². The number of carbonyl (C=O) groups excluding carboxylic acids is 1. The van der Waals surface area contributed by atoms with Crippen LogP contribution in [0, 0.1) is 20.8 Å². The number of aromatic amines is 1. The van der Waals surface area contributed by atoms with Gasteiger partial charge in [0.05, 0.1) is 0 Å². The quantitative estimate of drug-likeness (QED) is 0.926. The number of nitrogens with one attached hydrogen (secondary N) is 1. The molecule has 0 aliphatic carbocycles. The highest BCUT2D eigenvalue weighted by atomic mass is 16.2. The van der Waals surface area contributed by atoms with Gasteiger partial charge in [-0.15, -0.1) is 0 Å². The minimum absolute atomic E-state index is 0.104. The van der Waals surface area contributed by atoms with E-state index in [0.29, 0.717) is 6.04 Å². The molecule has 1 amide bonds. The van der Waals surface area contributed by atoms with Crippen LogP contribution in [0.2, 0.25) is 0 Å². The van der Waals surface area contributed by atoms with Crippen LogP contribution in [-0.2, 0) is 0 Å². The van der Waals surface area contributed by atoms with Crippen molar-refractivity contribution < 1.29 is 4.79 Å². The molecule has 0 radical (unpaired) electrons. The fourth-order valence-corrected chi connectivity index (χ4v) is 3.58. The average Bonchev–Trinajstić information content (AvgIpc) is 3.06. The fraction of sp³-hybridized carbons (Fsp3) is 0.500. The van der Waals surface area contributed by atoms with Crippen LogP contribution in [0.5, 0.6) is 0 Å². The second-order valence-electron chi connectivity index (χ2n) is 6.70. The van der Waals surface area contributed by atoms with Gasteiger partial charge in [-0.05, 0) is 57.5 Å². The van der Waals surface area contributed by atoms with E-state index in [1.807, 2.05) is 18.9 Å². The number of amides is 1. The van der Waals surface area contributed by atoms with Gasteiger partial charge in [0.15, 0.2) is 0 Å². The van der Waals surface area contributed by atoms with Gasteiger partial charge in [0.2, 0.25) is 0 Å². The van der Waals surface area contributed by atoms with Gasteiger partial charge in [0, 0.05) is 30.5 Å². The summed E-state index contributed by atoms with van der Waals surface area (Å²) < 4.78 is 0. The number of aromatic nitrogens is 1. The molecular weight excluding hydrogens is 274 g/mol. The van der Waals surface area contributed by atoms with Gasteiger partial charge in [-0.1, -0.05) is 12.1 Å². The Balaban J connectivity index is 1.99. The molecule has 1 N–H and O–H groups in total. The van der Waals surface area contributed by atoms with E-state index in [9.17, 15) is 4.79 Å². The van der Waals surface area contributed by atoms with Crippen molar-refractivity contribution in [1.82, 2.24) is 14.8 Å². The Hall–Kier alpha value is -1.81. The predicted molar refractivity (Wildman–Crippen MR) is 90.5 cm³/mol. The van der Waals surface area contributed by atoms with Gasteiger partial charge in [-0.3, -0.25) is 4.79 Å². The van der Waals surface area contributed by atoms with E-state index in [2.05, 4.69) is 42.9 Å². The lowest BCUT2D eigenvalue weighted by Crippen LogP contribution is -2.39. The first kappa shape index (κ1) is 15.1. The molecular formula is C18H25N3O. The molecule has 0 bridgehead atoms. The molecule has 1 unspecified atom stereocenters. The molecule has 2 aromatic rings. The van der Waals surface area contributed by atoms with E-state index in [1.165, 1.54) is 16.5 Å². The van der Waals surface area contributed by atoms with Crippen LogP contribution < -0.4 is 0 Å². The molecule has 0 spiro atoms. The number of likely N-dealkylation sites (N-methyl/N-ethyl adjacent to an activating group) is 2. The number of H-pyrrole nitrogens is 1. The predicted octanol–water partition coefficient (Wildman–Crippen LogP) is 2.87. The Labute approximate surface area is 132 Å². The van der Waals surface area contributed by atoms with Crippen LogP contribution in [0.1, 0.15) is 33.6 Å². The lowest BCUT2D eigenvalue weighted by atomic mass is 10.0. The third-order valence-electron chi connectivity index (χ3n) is 5.07. The number of hydrogen-bond donors (Lipinski definition) is 1. The Morgan fingerprint density at radius 3 is 2.55 bits per heavy atom. The molecule has 1 aromatic heterocycles.